The molecule has 4 aromatic carbocycles. The summed E-state index contributed by atoms with van der Waals surface area (Å²) in [6, 6.07) is 32.2. The van der Waals surface area contributed by atoms with Crippen molar-refractivity contribution in [1.29, 1.82) is 0 Å². The Hall–Kier alpha value is -3.90. The van der Waals surface area contributed by atoms with Gasteiger partial charge in [0.1, 0.15) is 13.2 Å². The van der Waals surface area contributed by atoms with E-state index >= 15 is 0 Å². The third kappa shape index (κ3) is 35.4. The standard InChI is InChI=1S/C56H84O18/c1-3-9-51(10-4-1)49-71-41-39-67-33-31-63-25-23-59-17-15-57-19-21-61-27-29-65-35-37-69-43-45-73-55-47-53-13-7-8-14-54(53)48-56(55)74-46-44-70-38-36-66-30-28-62-22-20-58-16-18-60-24-26-64-32-34-68-40-42-72-50-52-11-5-2-6-12-52/h1-14,47-48H,15-46,49-50H2. The molecule has 0 radical (unpaired) electrons. The molecule has 74 heavy (non-hydrogen) atoms. The Balaban J connectivity index is 0.833. The molecule has 0 aliphatic carbocycles. The largest absolute Gasteiger partial charge is 0.487 e. The van der Waals surface area contributed by atoms with E-state index in [2.05, 4.69) is 0 Å². The smallest absolute Gasteiger partial charge is 0.161 e. The van der Waals surface area contributed by atoms with Crippen molar-refractivity contribution in [2.24, 2.45) is 0 Å². The first-order chi connectivity index (χ1) is 36.9. The molecule has 0 fully saturated rings. The molecule has 18 nitrogen and oxygen atoms in total. The topological polar surface area (TPSA) is 166 Å². The summed E-state index contributed by atoms with van der Waals surface area (Å²) >= 11 is 0. The normalized spacial score (nSPS) is 11.5. The van der Waals surface area contributed by atoms with Gasteiger partial charge in [0.15, 0.2) is 11.5 Å². The maximum Gasteiger partial charge on any atom is 0.161 e. The minimum absolute atomic E-state index is 0.362. The van der Waals surface area contributed by atoms with Crippen LogP contribution in [-0.2, 0) is 89.0 Å². The Labute approximate surface area is 439 Å². The first-order valence-electron chi connectivity index (χ1n) is 26.0. The van der Waals surface area contributed by atoms with Crippen LogP contribution in [0.25, 0.3) is 10.8 Å². The fourth-order valence-corrected chi connectivity index (χ4v) is 6.45. The molecule has 0 aliphatic rings. The molecule has 0 aromatic heterocycles. The summed E-state index contributed by atoms with van der Waals surface area (Å²) in [6.07, 6.45) is 0. The minimum atomic E-state index is 0.362. The van der Waals surface area contributed by atoms with Gasteiger partial charge >= 0.3 is 0 Å². The monoisotopic (exact) mass is 1040 g/mol. The average molecular weight is 1050 g/mol. The molecular weight excluding hydrogens is 961 g/mol. The predicted molar refractivity (Wildman–Crippen MR) is 279 cm³/mol. The van der Waals surface area contributed by atoms with Gasteiger partial charge in [0, 0.05) is 0 Å². The number of hydrogen-bond donors (Lipinski definition) is 0. The lowest BCUT2D eigenvalue weighted by atomic mass is 10.1. The van der Waals surface area contributed by atoms with Crippen LogP contribution in [0, 0.1) is 0 Å². The molecule has 0 aliphatic heterocycles. The molecule has 0 saturated carbocycles. The maximum atomic E-state index is 6.08. The molecule has 0 saturated heterocycles. The van der Waals surface area contributed by atoms with Crippen LogP contribution in [0.1, 0.15) is 11.1 Å². The second kappa shape index (κ2) is 47.5. The molecule has 0 heterocycles. The number of fused-ring (bicyclic) bond motifs is 1. The van der Waals surface area contributed by atoms with Crippen molar-refractivity contribution in [3.8, 4) is 11.5 Å². The summed E-state index contributed by atoms with van der Waals surface area (Å²) in [6.45, 7) is 16.6. The van der Waals surface area contributed by atoms with Crippen molar-refractivity contribution < 1.29 is 85.3 Å². The zero-order valence-corrected chi connectivity index (χ0v) is 43.6. The highest BCUT2D eigenvalue weighted by Gasteiger charge is 2.09. The molecule has 0 amide bonds. The average Bonchev–Trinajstić information content (AvgIpc) is 3.43. The first kappa shape index (κ1) is 62.6. The number of benzene rings is 4. The second-order valence-corrected chi connectivity index (χ2v) is 16.0. The molecule has 0 bridgehead atoms. The van der Waals surface area contributed by atoms with E-state index in [0.29, 0.717) is 236 Å². The lowest BCUT2D eigenvalue weighted by Crippen LogP contribution is -2.15. The molecule has 416 valence electrons. The van der Waals surface area contributed by atoms with E-state index in [1.54, 1.807) is 0 Å². The van der Waals surface area contributed by atoms with Crippen molar-refractivity contribution in [2.75, 3.05) is 211 Å². The van der Waals surface area contributed by atoms with Gasteiger partial charge in [0.2, 0.25) is 0 Å². The van der Waals surface area contributed by atoms with E-state index in [9.17, 15) is 0 Å². The highest BCUT2D eigenvalue weighted by atomic mass is 16.6. The van der Waals surface area contributed by atoms with Gasteiger partial charge in [0.25, 0.3) is 0 Å². The van der Waals surface area contributed by atoms with Crippen molar-refractivity contribution >= 4 is 10.8 Å². The summed E-state index contributed by atoms with van der Waals surface area (Å²) in [5.74, 6) is 1.30. The van der Waals surface area contributed by atoms with Gasteiger partial charge in [-0.3, -0.25) is 0 Å². The van der Waals surface area contributed by atoms with Crippen molar-refractivity contribution in [3.05, 3.63) is 108 Å². The van der Waals surface area contributed by atoms with Crippen LogP contribution in [0.5, 0.6) is 11.5 Å². The van der Waals surface area contributed by atoms with Gasteiger partial charge in [-0.2, -0.15) is 0 Å². The van der Waals surface area contributed by atoms with E-state index < -0.39 is 0 Å². The van der Waals surface area contributed by atoms with Gasteiger partial charge in [-0.25, -0.2) is 0 Å². The molecule has 4 aromatic rings. The zero-order chi connectivity index (χ0) is 51.5. The highest BCUT2D eigenvalue weighted by molar-refractivity contribution is 5.86. The van der Waals surface area contributed by atoms with Crippen LogP contribution in [0.4, 0.5) is 0 Å². The number of hydrogen-bond acceptors (Lipinski definition) is 18. The first-order valence-corrected chi connectivity index (χ1v) is 26.0. The van der Waals surface area contributed by atoms with Crippen LogP contribution in [0.2, 0.25) is 0 Å². The number of ether oxygens (including phenoxy) is 18. The van der Waals surface area contributed by atoms with E-state index in [4.69, 9.17) is 85.3 Å². The van der Waals surface area contributed by atoms with Gasteiger partial charge in [-0.15, -0.1) is 0 Å². The summed E-state index contributed by atoms with van der Waals surface area (Å²) in [4.78, 5) is 0. The fraction of sp³-hybridized carbons (Fsp3) is 0.607. The Bertz CT molecular complexity index is 1680. The summed E-state index contributed by atoms with van der Waals surface area (Å²) < 4.78 is 101. The van der Waals surface area contributed by atoms with Crippen LogP contribution >= 0.6 is 0 Å². The second-order valence-electron chi connectivity index (χ2n) is 16.0. The Morgan fingerprint density at radius 1 is 0.189 bits per heavy atom. The molecular formula is C56H84O18. The van der Waals surface area contributed by atoms with E-state index in [0.717, 1.165) is 21.9 Å². The quantitative estimate of drug-likeness (QED) is 0.0454. The number of rotatable bonds is 54. The van der Waals surface area contributed by atoms with Gasteiger partial charge in [0.05, 0.1) is 211 Å². The van der Waals surface area contributed by atoms with E-state index in [1.807, 2.05) is 97.1 Å². The third-order valence-electron chi connectivity index (χ3n) is 10.2. The SMILES string of the molecule is c1ccc(COCCOCCOCCOCCOCCOCCOCCOCCOc2cc3ccccc3cc2OCCOCCOCCOCCOCCOCCOCCOCCOCc2ccccc2)cc1. The maximum absolute atomic E-state index is 6.08. The van der Waals surface area contributed by atoms with Crippen LogP contribution < -0.4 is 9.47 Å². The lowest BCUT2D eigenvalue weighted by Gasteiger charge is -2.15. The van der Waals surface area contributed by atoms with Crippen LogP contribution in [0.3, 0.4) is 0 Å². The summed E-state index contributed by atoms with van der Waals surface area (Å²) in [5, 5.41) is 2.12. The summed E-state index contributed by atoms with van der Waals surface area (Å²) in [7, 11) is 0. The molecule has 4 rings (SSSR count). The molecule has 0 atom stereocenters. The predicted octanol–water partition coefficient (Wildman–Crippen LogP) is 6.26. The molecule has 0 spiro atoms. The van der Waals surface area contributed by atoms with E-state index in [1.165, 1.54) is 0 Å². The molecule has 0 unspecified atom stereocenters. The van der Waals surface area contributed by atoms with Gasteiger partial charge in [-0.05, 0) is 34.0 Å². The Morgan fingerprint density at radius 2 is 0.378 bits per heavy atom. The van der Waals surface area contributed by atoms with Gasteiger partial charge < -0.3 is 85.3 Å². The zero-order valence-electron chi connectivity index (χ0n) is 43.6. The van der Waals surface area contributed by atoms with Crippen LogP contribution in [0.15, 0.2) is 97.1 Å². The summed E-state index contributed by atoms with van der Waals surface area (Å²) in [5.41, 5.74) is 2.31. The Kier molecular flexibility index (Phi) is 40.2. The Morgan fingerprint density at radius 3 is 0.608 bits per heavy atom. The van der Waals surface area contributed by atoms with Crippen LogP contribution in [-0.4, -0.2) is 211 Å². The van der Waals surface area contributed by atoms with Crippen molar-refractivity contribution in [1.82, 2.24) is 0 Å². The minimum Gasteiger partial charge on any atom is -0.487 e. The van der Waals surface area contributed by atoms with Crippen molar-refractivity contribution in [2.45, 2.75) is 13.2 Å². The van der Waals surface area contributed by atoms with Gasteiger partial charge in [-0.1, -0.05) is 84.9 Å². The van der Waals surface area contributed by atoms with Crippen molar-refractivity contribution in [3.63, 3.8) is 0 Å². The molecule has 0 N–H and O–H groups in total. The molecule has 18 heteroatoms. The van der Waals surface area contributed by atoms with E-state index in [-0.39, 0.29) is 0 Å². The third-order valence-corrected chi connectivity index (χ3v) is 10.2. The lowest BCUT2D eigenvalue weighted by molar-refractivity contribution is -0.0242. The highest BCUT2D eigenvalue weighted by Crippen LogP contribution is 2.32. The fourth-order valence-electron chi connectivity index (χ4n) is 6.45.